The fourth-order valence-corrected chi connectivity index (χ4v) is 5.69. The van der Waals surface area contributed by atoms with Crippen LogP contribution in [0.2, 0.25) is 0 Å². The summed E-state index contributed by atoms with van der Waals surface area (Å²) < 4.78 is 52.1. The first-order chi connectivity index (χ1) is 13.1. The van der Waals surface area contributed by atoms with Gasteiger partial charge in [-0.25, -0.2) is 0 Å². The monoisotopic (exact) mass is 394 g/mol. The number of anilines is 1. The Bertz CT molecular complexity index is 929. The number of fused-ring (bicyclic) bond motifs is 2. The second-order valence-electron chi connectivity index (χ2n) is 8.15. The highest BCUT2D eigenvalue weighted by molar-refractivity contribution is 6.00. The van der Waals surface area contributed by atoms with Crippen LogP contribution in [-0.2, 0) is 20.4 Å². The Kier molecular flexibility index (Phi) is 3.36. The normalized spacial score (nSPS) is 41.3. The van der Waals surface area contributed by atoms with Gasteiger partial charge in [-0.2, -0.15) is 18.4 Å². The molecule has 9 heteroatoms. The fraction of sp³-hybridized carbons (Fsp3) is 0.579. The Labute approximate surface area is 158 Å². The summed E-state index contributed by atoms with van der Waals surface area (Å²) in [6, 6.07) is 4.77. The largest absolute Gasteiger partial charge is 0.417 e. The molecule has 4 fully saturated rings. The van der Waals surface area contributed by atoms with Crippen LogP contribution in [0.1, 0.15) is 30.9 Å². The molecule has 1 amide bonds. The molecule has 0 radical (unpaired) electrons. The van der Waals surface area contributed by atoms with Crippen LogP contribution < -0.4 is 4.90 Å². The smallest absolute Gasteiger partial charge is 0.390 e. The maximum absolute atomic E-state index is 13.4. The lowest BCUT2D eigenvalue weighted by Gasteiger charge is -2.43. The molecule has 148 valence electrons. The number of aliphatic hydroxyl groups excluding tert-OH is 1. The van der Waals surface area contributed by atoms with Gasteiger partial charge in [0.15, 0.2) is 0 Å². The van der Waals surface area contributed by atoms with Crippen LogP contribution in [0.15, 0.2) is 18.2 Å². The van der Waals surface area contributed by atoms with Crippen LogP contribution in [0.25, 0.3) is 0 Å². The zero-order chi connectivity index (χ0) is 20.1. The van der Waals surface area contributed by atoms with E-state index < -0.39 is 52.7 Å². The Balaban J connectivity index is 1.62. The molecule has 4 heterocycles. The number of aliphatic hydroxyl groups is 1. The second kappa shape index (κ2) is 5.26. The van der Waals surface area contributed by atoms with E-state index in [0.717, 1.165) is 12.1 Å². The number of carbonyl (C=O) groups excluding carboxylic acids is 1. The standard InChI is InChI=1S/C19H17F3N2O4/c1-17-7-12(25)18(28-17)4-5-27-16-14(18)13(17)15(26)24(16)10-3-2-9(8-23)11(6-10)19(20,21)22/h2-3,6,12-14,16,25H,4-5,7H2,1H3/t12-,13+,14-,16-,17-,18-/m0/s1. The molecular weight excluding hydrogens is 377 g/mol. The van der Waals surface area contributed by atoms with Gasteiger partial charge in [0.2, 0.25) is 5.91 Å². The molecular formula is C19H17F3N2O4. The average molecular weight is 394 g/mol. The zero-order valence-electron chi connectivity index (χ0n) is 14.9. The van der Waals surface area contributed by atoms with Crippen molar-refractivity contribution in [2.45, 2.75) is 49.5 Å². The molecule has 0 aromatic heterocycles. The highest BCUT2D eigenvalue weighted by Crippen LogP contribution is 2.65. The first-order valence-corrected chi connectivity index (χ1v) is 9.07. The SMILES string of the molecule is C[C@]12C[C@H](O)[C@]3(CCO[C@H]4[C@@H]3[C@@H]1C(=O)N4c1ccc(C#N)c(C(F)(F)F)c1)O2. The molecule has 28 heavy (non-hydrogen) atoms. The summed E-state index contributed by atoms with van der Waals surface area (Å²) in [5.74, 6) is -1.41. The predicted octanol–water partition coefficient (Wildman–Crippen LogP) is 2.19. The molecule has 4 saturated heterocycles. The van der Waals surface area contributed by atoms with E-state index in [2.05, 4.69) is 0 Å². The summed E-state index contributed by atoms with van der Waals surface area (Å²) in [4.78, 5) is 14.5. The van der Waals surface area contributed by atoms with Crippen molar-refractivity contribution in [3.05, 3.63) is 29.3 Å². The van der Waals surface area contributed by atoms with Gasteiger partial charge in [-0.1, -0.05) is 0 Å². The van der Waals surface area contributed by atoms with Gasteiger partial charge in [-0.15, -0.1) is 0 Å². The highest BCUT2D eigenvalue weighted by Gasteiger charge is 2.78. The quantitative estimate of drug-likeness (QED) is 0.790. The Hall–Kier alpha value is -2.15. The first-order valence-electron chi connectivity index (χ1n) is 9.07. The van der Waals surface area contributed by atoms with Crippen LogP contribution >= 0.6 is 0 Å². The van der Waals surface area contributed by atoms with E-state index in [1.54, 1.807) is 13.0 Å². The number of rotatable bonds is 1. The third kappa shape index (κ3) is 2.00. The molecule has 6 nitrogen and oxygen atoms in total. The van der Waals surface area contributed by atoms with Crippen LogP contribution in [0.4, 0.5) is 18.9 Å². The number of nitriles is 1. The molecule has 2 bridgehead atoms. The summed E-state index contributed by atoms with van der Waals surface area (Å²) in [5.41, 5.74) is -3.35. The van der Waals surface area contributed by atoms with Crippen LogP contribution in [-0.4, -0.2) is 41.2 Å². The molecule has 0 aliphatic carbocycles. The third-order valence-corrected chi connectivity index (χ3v) is 6.72. The molecule has 4 aliphatic rings. The lowest BCUT2D eigenvalue weighted by Crippen LogP contribution is -2.56. The second-order valence-corrected chi connectivity index (χ2v) is 8.15. The van der Waals surface area contributed by atoms with Gasteiger partial charge in [0.1, 0.15) is 11.8 Å². The number of amides is 1. The van der Waals surface area contributed by atoms with Gasteiger partial charge in [-0.3, -0.25) is 9.69 Å². The number of nitrogens with zero attached hydrogens (tertiary/aromatic N) is 2. The van der Waals surface area contributed by atoms with Gasteiger partial charge >= 0.3 is 6.18 Å². The number of hydrogen-bond acceptors (Lipinski definition) is 5. The Morgan fingerprint density at radius 1 is 1.39 bits per heavy atom. The molecule has 1 spiro atoms. The summed E-state index contributed by atoms with van der Waals surface area (Å²) in [5, 5.41) is 19.6. The van der Waals surface area contributed by atoms with Crippen molar-refractivity contribution in [3.63, 3.8) is 0 Å². The van der Waals surface area contributed by atoms with Crippen molar-refractivity contribution < 1.29 is 32.5 Å². The summed E-state index contributed by atoms with van der Waals surface area (Å²) in [6.45, 7) is 2.00. The van der Waals surface area contributed by atoms with E-state index in [0.29, 0.717) is 12.8 Å². The van der Waals surface area contributed by atoms with E-state index in [1.165, 1.54) is 11.0 Å². The number of benzene rings is 1. The molecule has 5 rings (SSSR count). The van der Waals surface area contributed by atoms with Crippen molar-refractivity contribution in [1.29, 1.82) is 5.26 Å². The van der Waals surface area contributed by atoms with Gasteiger partial charge < -0.3 is 14.6 Å². The van der Waals surface area contributed by atoms with E-state index in [4.69, 9.17) is 14.7 Å². The predicted molar refractivity (Wildman–Crippen MR) is 87.8 cm³/mol. The first kappa shape index (κ1) is 17.9. The lowest BCUT2D eigenvalue weighted by atomic mass is 9.65. The van der Waals surface area contributed by atoms with Crippen LogP contribution in [0.5, 0.6) is 0 Å². The number of alkyl halides is 3. The fourth-order valence-electron chi connectivity index (χ4n) is 5.69. The number of halogens is 3. The van der Waals surface area contributed by atoms with Crippen molar-refractivity contribution in [1.82, 2.24) is 0 Å². The number of hydrogen-bond donors (Lipinski definition) is 1. The molecule has 4 aliphatic heterocycles. The van der Waals surface area contributed by atoms with E-state index in [9.17, 15) is 23.1 Å². The van der Waals surface area contributed by atoms with E-state index in [1.807, 2.05) is 0 Å². The molecule has 1 aromatic carbocycles. The maximum atomic E-state index is 13.4. The topological polar surface area (TPSA) is 82.8 Å². The summed E-state index contributed by atoms with van der Waals surface area (Å²) in [6.07, 6.45) is -5.54. The molecule has 1 aromatic rings. The zero-order valence-corrected chi connectivity index (χ0v) is 14.9. The lowest BCUT2D eigenvalue weighted by molar-refractivity contribution is -0.163. The third-order valence-electron chi connectivity index (χ3n) is 6.72. The van der Waals surface area contributed by atoms with Crippen molar-refractivity contribution in [2.75, 3.05) is 11.5 Å². The molecule has 0 saturated carbocycles. The average Bonchev–Trinajstić information content (AvgIpc) is 3.17. The minimum absolute atomic E-state index is 0.0327. The van der Waals surface area contributed by atoms with Crippen LogP contribution in [0, 0.1) is 23.2 Å². The van der Waals surface area contributed by atoms with Gasteiger partial charge in [0.25, 0.3) is 0 Å². The highest BCUT2D eigenvalue weighted by atomic mass is 19.4. The van der Waals surface area contributed by atoms with Gasteiger partial charge in [0.05, 0.1) is 47.3 Å². The minimum atomic E-state index is -4.72. The molecule has 6 atom stereocenters. The van der Waals surface area contributed by atoms with E-state index >= 15 is 0 Å². The van der Waals surface area contributed by atoms with Gasteiger partial charge in [0, 0.05) is 18.5 Å². The Morgan fingerprint density at radius 3 is 2.82 bits per heavy atom. The van der Waals surface area contributed by atoms with Crippen molar-refractivity contribution in [3.8, 4) is 6.07 Å². The summed E-state index contributed by atoms with van der Waals surface area (Å²) in [7, 11) is 0. The van der Waals surface area contributed by atoms with Gasteiger partial charge in [-0.05, 0) is 25.1 Å². The number of ether oxygens (including phenoxy) is 2. The number of carbonyl (C=O) groups is 1. The van der Waals surface area contributed by atoms with Crippen molar-refractivity contribution >= 4 is 11.6 Å². The maximum Gasteiger partial charge on any atom is 0.417 e. The summed E-state index contributed by atoms with van der Waals surface area (Å²) >= 11 is 0. The van der Waals surface area contributed by atoms with Crippen molar-refractivity contribution in [2.24, 2.45) is 11.8 Å². The Morgan fingerprint density at radius 2 is 2.14 bits per heavy atom. The van der Waals surface area contributed by atoms with Crippen LogP contribution in [0.3, 0.4) is 0 Å². The molecule has 1 N–H and O–H groups in total. The minimum Gasteiger partial charge on any atom is -0.390 e. The van der Waals surface area contributed by atoms with E-state index in [-0.39, 0.29) is 18.2 Å². The molecule has 0 unspecified atom stereocenters.